The maximum absolute atomic E-state index is 12.5. The Bertz CT molecular complexity index is 1470. The van der Waals surface area contributed by atoms with Crippen LogP contribution in [0.3, 0.4) is 0 Å². The number of rotatable bonds is 7. The summed E-state index contributed by atoms with van der Waals surface area (Å²) in [6.45, 7) is 4.06. The van der Waals surface area contributed by atoms with Crippen LogP contribution in [-0.4, -0.2) is 30.9 Å². The molecular formula is C25H23ClN6O3S. The predicted molar refractivity (Wildman–Crippen MR) is 144 cm³/mol. The van der Waals surface area contributed by atoms with Crippen LogP contribution >= 0.6 is 23.8 Å². The molecule has 0 bridgehead atoms. The Morgan fingerprint density at radius 1 is 1.11 bits per heavy atom. The number of carbonyl (C=O) groups is 1. The third-order valence-corrected chi connectivity index (χ3v) is 6.12. The summed E-state index contributed by atoms with van der Waals surface area (Å²) in [4.78, 5) is 24.6. The summed E-state index contributed by atoms with van der Waals surface area (Å²) >= 11 is 11.1. The van der Waals surface area contributed by atoms with Gasteiger partial charge in [-0.05, 0) is 79.5 Å². The monoisotopic (exact) mass is 522 g/mol. The molecule has 1 aromatic heterocycles. The minimum absolute atomic E-state index is 0.0371. The molecule has 4 aromatic rings. The number of carbonyl (C=O) groups excluding carboxylic acids is 1. The van der Waals surface area contributed by atoms with Crippen molar-refractivity contribution in [2.45, 2.75) is 33.1 Å². The maximum Gasteiger partial charge on any atom is 0.288 e. The molecule has 1 amide bonds. The van der Waals surface area contributed by atoms with Gasteiger partial charge in [-0.15, -0.1) is 10.2 Å². The van der Waals surface area contributed by atoms with Crippen LogP contribution in [0.2, 0.25) is 5.02 Å². The number of aromatic nitrogens is 3. The highest BCUT2D eigenvalue weighted by atomic mass is 35.5. The number of aryl methyl sites for hydroxylation is 2. The van der Waals surface area contributed by atoms with Crippen molar-refractivity contribution < 1.29 is 9.72 Å². The van der Waals surface area contributed by atoms with Crippen molar-refractivity contribution in [3.63, 3.8) is 0 Å². The smallest absolute Gasteiger partial charge is 0.288 e. The minimum atomic E-state index is -0.651. The van der Waals surface area contributed by atoms with Crippen molar-refractivity contribution in [2.75, 3.05) is 5.32 Å². The van der Waals surface area contributed by atoms with Gasteiger partial charge in [0.2, 0.25) is 0 Å². The number of nitrogens with zero attached hydrogens (tertiary/aromatic N) is 4. The molecule has 0 aliphatic carbocycles. The maximum atomic E-state index is 12.5. The van der Waals surface area contributed by atoms with Gasteiger partial charge in [0.05, 0.1) is 10.6 Å². The van der Waals surface area contributed by atoms with Gasteiger partial charge in [0.25, 0.3) is 11.6 Å². The van der Waals surface area contributed by atoms with Gasteiger partial charge in [0.15, 0.2) is 5.11 Å². The van der Waals surface area contributed by atoms with Gasteiger partial charge < -0.3 is 5.32 Å². The fourth-order valence-electron chi connectivity index (χ4n) is 3.62. The normalized spacial score (nSPS) is 10.9. The van der Waals surface area contributed by atoms with E-state index >= 15 is 0 Å². The molecule has 0 fully saturated rings. The lowest BCUT2D eigenvalue weighted by Crippen LogP contribution is -2.34. The Morgan fingerprint density at radius 2 is 1.81 bits per heavy atom. The summed E-state index contributed by atoms with van der Waals surface area (Å²) in [5.74, 6) is -0.598. The van der Waals surface area contributed by atoms with Gasteiger partial charge in [0, 0.05) is 17.3 Å². The van der Waals surface area contributed by atoms with Crippen molar-refractivity contribution in [1.29, 1.82) is 0 Å². The summed E-state index contributed by atoms with van der Waals surface area (Å²) < 4.78 is 0. The van der Waals surface area contributed by atoms with E-state index in [1.54, 1.807) is 10.9 Å². The number of fused-ring (bicyclic) bond motifs is 1. The molecule has 2 N–H and O–H groups in total. The molecule has 0 aliphatic heterocycles. The number of halogens is 1. The lowest BCUT2D eigenvalue weighted by atomic mass is 10.1. The lowest BCUT2D eigenvalue weighted by molar-refractivity contribution is -0.384. The van der Waals surface area contributed by atoms with E-state index in [-0.39, 0.29) is 21.4 Å². The summed E-state index contributed by atoms with van der Waals surface area (Å²) in [6.07, 6.45) is 3.35. The number of nitrogens with one attached hydrogen (secondary N) is 2. The summed E-state index contributed by atoms with van der Waals surface area (Å²) in [5.41, 5.74) is 4.72. The predicted octanol–water partition coefficient (Wildman–Crippen LogP) is 5.76. The SMILES string of the molecule is CCCCc1ccc(-n2nc3cc(C)c(NC(=S)NC(=O)c4ccc(Cl)c([N+](=O)[O-])c4)cc3n2)cc1. The van der Waals surface area contributed by atoms with E-state index in [1.165, 1.54) is 17.7 Å². The van der Waals surface area contributed by atoms with Crippen molar-refractivity contribution in [3.8, 4) is 5.69 Å². The topological polar surface area (TPSA) is 115 Å². The first kappa shape index (κ1) is 25.2. The molecule has 184 valence electrons. The average Bonchev–Trinajstić information content (AvgIpc) is 3.25. The molecule has 0 saturated heterocycles. The van der Waals surface area contributed by atoms with E-state index in [4.69, 9.17) is 23.8 Å². The molecule has 0 saturated carbocycles. The van der Waals surface area contributed by atoms with E-state index in [1.807, 2.05) is 25.1 Å². The number of hydrogen-bond donors (Lipinski definition) is 2. The van der Waals surface area contributed by atoms with Crippen molar-refractivity contribution in [3.05, 3.63) is 86.4 Å². The summed E-state index contributed by atoms with van der Waals surface area (Å²) in [6, 6.07) is 15.7. The first-order chi connectivity index (χ1) is 17.2. The molecule has 36 heavy (non-hydrogen) atoms. The second-order valence-corrected chi connectivity index (χ2v) is 9.06. The van der Waals surface area contributed by atoms with Gasteiger partial charge in [-0.3, -0.25) is 20.2 Å². The van der Waals surface area contributed by atoms with E-state index in [0.29, 0.717) is 11.2 Å². The standard InChI is InChI=1S/C25H23ClN6O3S/c1-3-4-5-16-6-9-18(10-7-16)31-29-21-12-15(2)20(14-22(21)30-31)27-25(36)28-24(33)17-8-11-19(26)23(13-17)32(34)35/h6-14H,3-5H2,1-2H3,(H2,27,28,33,36). The minimum Gasteiger partial charge on any atom is -0.332 e. The van der Waals surface area contributed by atoms with Crippen LogP contribution in [0.4, 0.5) is 11.4 Å². The summed E-state index contributed by atoms with van der Waals surface area (Å²) in [7, 11) is 0. The van der Waals surface area contributed by atoms with E-state index < -0.39 is 10.8 Å². The van der Waals surface area contributed by atoms with Crippen molar-refractivity contribution in [2.24, 2.45) is 0 Å². The van der Waals surface area contributed by atoms with E-state index in [0.717, 1.165) is 42.1 Å². The van der Waals surface area contributed by atoms with Crippen molar-refractivity contribution >= 4 is 57.2 Å². The van der Waals surface area contributed by atoms with E-state index in [9.17, 15) is 14.9 Å². The Kier molecular flexibility index (Phi) is 7.56. The highest BCUT2D eigenvalue weighted by Crippen LogP contribution is 2.25. The average molecular weight is 523 g/mol. The number of benzene rings is 3. The Morgan fingerprint density at radius 3 is 2.47 bits per heavy atom. The van der Waals surface area contributed by atoms with Gasteiger partial charge >= 0.3 is 0 Å². The fraction of sp³-hybridized carbons (Fsp3) is 0.200. The molecule has 11 heteroatoms. The second kappa shape index (κ2) is 10.8. The van der Waals surface area contributed by atoms with Crippen molar-refractivity contribution in [1.82, 2.24) is 20.3 Å². The number of amides is 1. The van der Waals surface area contributed by atoms with Crippen LogP contribution in [0.25, 0.3) is 16.7 Å². The molecule has 0 spiro atoms. The number of anilines is 1. The molecule has 1 heterocycles. The molecule has 4 rings (SSSR count). The molecule has 3 aromatic carbocycles. The molecule has 0 atom stereocenters. The lowest BCUT2D eigenvalue weighted by Gasteiger charge is -2.11. The fourth-order valence-corrected chi connectivity index (χ4v) is 4.01. The molecule has 0 aliphatic rings. The first-order valence-corrected chi connectivity index (χ1v) is 12.1. The number of thiocarbonyl (C=S) groups is 1. The zero-order valence-electron chi connectivity index (χ0n) is 19.6. The third kappa shape index (κ3) is 5.67. The van der Waals surface area contributed by atoms with Gasteiger partial charge in [-0.25, -0.2) is 0 Å². The number of nitro groups is 1. The third-order valence-electron chi connectivity index (χ3n) is 5.59. The molecule has 0 unspecified atom stereocenters. The number of nitro benzene ring substituents is 1. The highest BCUT2D eigenvalue weighted by molar-refractivity contribution is 7.80. The number of unbranched alkanes of at least 4 members (excludes halogenated alkanes) is 1. The van der Waals surface area contributed by atoms with Crippen LogP contribution in [0, 0.1) is 17.0 Å². The Labute approximate surface area is 217 Å². The Balaban J connectivity index is 1.48. The van der Waals surface area contributed by atoms with Gasteiger partial charge in [-0.1, -0.05) is 37.1 Å². The largest absolute Gasteiger partial charge is 0.332 e. The van der Waals surface area contributed by atoms with Crippen LogP contribution in [0.1, 0.15) is 41.3 Å². The zero-order valence-corrected chi connectivity index (χ0v) is 21.2. The molecule has 9 nitrogen and oxygen atoms in total. The Hall–Kier alpha value is -3.89. The van der Waals surface area contributed by atoms with Crippen LogP contribution < -0.4 is 10.6 Å². The first-order valence-electron chi connectivity index (χ1n) is 11.3. The van der Waals surface area contributed by atoms with Crippen LogP contribution in [0.15, 0.2) is 54.6 Å². The highest BCUT2D eigenvalue weighted by Gasteiger charge is 2.17. The zero-order chi connectivity index (χ0) is 25.8. The van der Waals surface area contributed by atoms with Gasteiger partial charge in [0.1, 0.15) is 16.1 Å². The second-order valence-electron chi connectivity index (χ2n) is 8.25. The van der Waals surface area contributed by atoms with Crippen LogP contribution in [-0.2, 0) is 6.42 Å². The quantitative estimate of drug-likeness (QED) is 0.180. The molecular weight excluding hydrogens is 500 g/mol. The van der Waals surface area contributed by atoms with Crippen LogP contribution in [0.5, 0.6) is 0 Å². The number of hydrogen-bond acceptors (Lipinski definition) is 6. The van der Waals surface area contributed by atoms with Gasteiger partial charge in [-0.2, -0.15) is 4.80 Å². The van der Waals surface area contributed by atoms with E-state index in [2.05, 4.69) is 39.9 Å². The molecule has 0 radical (unpaired) electrons. The summed E-state index contributed by atoms with van der Waals surface area (Å²) in [5, 5.41) is 25.8.